The molecule has 3 rings (SSSR count). The average molecular weight is 310 g/mol. The van der Waals surface area contributed by atoms with Crippen LogP contribution in [0.3, 0.4) is 0 Å². The molecule has 4 nitrogen and oxygen atoms in total. The Labute approximate surface area is 134 Å². The maximum Gasteiger partial charge on any atom is 0.315 e. The Bertz CT molecular complexity index is 844. The minimum absolute atomic E-state index is 0.168. The number of hydrogen-bond acceptors (Lipinski definition) is 4. The van der Waals surface area contributed by atoms with E-state index in [9.17, 15) is 4.79 Å². The van der Waals surface area contributed by atoms with Crippen molar-refractivity contribution in [2.24, 2.45) is 0 Å². The maximum atomic E-state index is 12.1. The summed E-state index contributed by atoms with van der Waals surface area (Å²) in [5.41, 5.74) is 3.93. The predicted molar refractivity (Wildman–Crippen MR) is 88.0 cm³/mol. The molecule has 3 aromatic rings. The van der Waals surface area contributed by atoms with Crippen molar-refractivity contribution in [3.8, 4) is 11.5 Å². The van der Waals surface area contributed by atoms with Gasteiger partial charge in [-0.2, -0.15) is 0 Å². The standard InChI is InChI=1S/C19H18O4/c1-12-4-9-17-14(11-22-19(17)13(12)2)10-18(20)23-16-7-5-15(21-3)6-8-16/h4-9,11H,10H2,1-3H3. The number of fused-ring (bicyclic) bond motifs is 1. The van der Waals surface area contributed by atoms with Crippen LogP contribution in [0.15, 0.2) is 47.1 Å². The van der Waals surface area contributed by atoms with Gasteiger partial charge in [0.1, 0.15) is 17.1 Å². The number of rotatable bonds is 4. The number of esters is 1. The molecule has 0 amide bonds. The van der Waals surface area contributed by atoms with Gasteiger partial charge in [-0.25, -0.2) is 0 Å². The summed E-state index contributed by atoms with van der Waals surface area (Å²) in [6.07, 6.45) is 1.80. The Morgan fingerprint density at radius 3 is 2.43 bits per heavy atom. The second-order valence-corrected chi connectivity index (χ2v) is 5.47. The van der Waals surface area contributed by atoms with Crippen LogP contribution in [-0.2, 0) is 11.2 Å². The van der Waals surface area contributed by atoms with Crippen LogP contribution < -0.4 is 9.47 Å². The molecule has 0 N–H and O–H groups in total. The molecule has 0 bridgehead atoms. The summed E-state index contributed by atoms with van der Waals surface area (Å²) in [5.74, 6) is 0.892. The van der Waals surface area contributed by atoms with Crippen molar-refractivity contribution >= 4 is 16.9 Å². The number of hydrogen-bond donors (Lipinski definition) is 0. The summed E-state index contributed by atoms with van der Waals surface area (Å²) in [5, 5.41) is 0.958. The molecular formula is C19H18O4. The zero-order chi connectivity index (χ0) is 16.4. The van der Waals surface area contributed by atoms with Gasteiger partial charge >= 0.3 is 5.97 Å². The number of ether oxygens (including phenoxy) is 2. The zero-order valence-electron chi connectivity index (χ0n) is 13.4. The van der Waals surface area contributed by atoms with E-state index in [1.807, 2.05) is 26.0 Å². The van der Waals surface area contributed by atoms with Crippen molar-refractivity contribution in [2.75, 3.05) is 7.11 Å². The summed E-state index contributed by atoms with van der Waals surface area (Å²) >= 11 is 0. The van der Waals surface area contributed by atoms with Gasteiger partial charge in [-0.3, -0.25) is 4.79 Å². The van der Waals surface area contributed by atoms with Crippen LogP contribution in [0.1, 0.15) is 16.7 Å². The Kier molecular flexibility index (Phi) is 4.06. The Morgan fingerprint density at radius 2 is 1.74 bits per heavy atom. The smallest absolute Gasteiger partial charge is 0.315 e. The highest BCUT2D eigenvalue weighted by atomic mass is 16.5. The fourth-order valence-corrected chi connectivity index (χ4v) is 2.49. The Balaban J connectivity index is 1.76. The molecule has 0 saturated carbocycles. The van der Waals surface area contributed by atoms with Crippen LogP contribution in [0.25, 0.3) is 11.0 Å². The minimum atomic E-state index is -0.323. The van der Waals surface area contributed by atoms with Gasteiger partial charge in [-0.15, -0.1) is 0 Å². The van der Waals surface area contributed by atoms with E-state index >= 15 is 0 Å². The van der Waals surface area contributed by atoms with Gasteiger partial charge in [0, 0.05) is 10.9 Å². The second kappa shape index (κ2) is 6.16. The lowest BCUT2D eigenvalue weighted by Crippen LogP contribution is -2.10. The molecular weight excluding hydrogens is 292 g/mol. The van der Waals surface area contributed by atoms with Gasteiger partial charge in [0.2, 0.25) is 0 Å². The summed E-state index contributed by atoms with van der Waals surface area (Å²) in [4.78, 5) is 12.1. The van der Waals surface area contributed by atoms with E-state index in [0.717, 1.165) is 27.8 Å². The highest BCUT2D eigenvalue weighted by Crippen LogP contribution is 2.27. The average Bonchev–Trinajstić information content (AvgIpc) is 2.95. The molecule has 0 aliphatic carbocycles. The quantitative estimate of drug-likeness (QED) is 0.535. The first-order valence-electron chi connectivity index (χ1n) is 7.39. The number of carbonyl (C=O) groups excluding carboxylic acids is 1. The van der Waals surface area contributed by atoms with Gasteiger partial charge in [0.25, 0.3) is 0 Å². The third-order valence-corrected chi connectivity index (χ3v) is 3.97. The molecule has 2 aromatic carbocycles. The summed E-state index contributed by atoms with van der Waals surface area (Å²) in [6, 6.07) is 10.9. The fraction of sp³-hybridized carbons (Fsp3) is 0.211. The molecule has 118 valence electrons. The predicted octanol–water partition coefficient (Wildman–Crippen LogP) is 4.21. The largest absolute Gasteiger partial charge is 0.497 e. The molecule has 0 spiro atoms. The third kappa shape index (κ3) is 3.06. The van der Waals surface area contributed by atoms with Gasteiger partial charge in [0.05, 0.1) is 19.8 Å². The highest BCUT2D eigenvalue weighted by Gasteiger charge is 2.14. The van der Waals surface area contributed by atoms with Crippen molar-refractivity contribution in [1.82, 2.24) is 0 Å². The summed E-state index contributed by atoms with van der Waals surface area (Å²) in [7, 11) is 1.59. The molecule has 0 aliphatic rings. The van der Waals surface area contributed by atoms with Gasteiger partial charge < -0.3 is 13.9 Å². The molecule has 0 atom stereocenters. The lowest BCUT2D eigenvalue weighted by atomic mass is 10.0. The van der Waals surface area contributed by atoms with Crippen molar-refractivity contribution < 1.29 is 18.7 Å². The first-order valence-corrected chi connectivity index (χ1v) is 7.39. The van der Waals surface area contributed by atoms with Crippen molar-refractivity contribution in [3.63, 3.8) is 0 Å². The van der Waals surface area contributed by atoms with Crippen molar-refractivity contribution in [3.05, 3.63) is 59.4 Å². The van der Waals surface area contributed by atoms with Crippen LogP contribution >= 0.6 is 0 Å². The third-order valence-electron chi connectivity index (χ3n) is 3.97. The molecule has 0 aliphatic heterocycles. The van der Waals surface area contributed by atoms with E-state index in [-0.39, 0.29) is 12.4 Å². The first-order chi connectivity index (χ1) is 11.1. The summed E-state index contributed by atoms with van der Waals surface area (Å²) < 4.78 is 16.0. The topological polar surface area (TPSA) is 48.7 Å². The summed E-state index contributed by atoms with van der Waals surface area (Å²) in [6.45, 7) is 4.05. The van der Waals surface area contributed by atoms with Crippen LogP contribution in [0.5, 0.6) is 11.5 Å². The van der Waals surface area contributed by atoms with Gasteiger partial charge in [-0.1, -0.05) is 12.1 Å². The lowest BCUT2D eigenvalue weighted by molar-refractivity contribution is -0.133. The van der Waals surface area contributed by atoms with E-state index in [1.165, 1.54) is 5.56 Å². The molecule has 4 heteroatoms. The lowest BCUT2D eigenvalue weighted by Gasteiger charge is -2.05. The normalized spacial score (nSPS) is 10.7. The van der Waals surface area contributed by atoms with Crippen LogP contribution in [-0.4, -0.2) is 13.1 Å². The number of methoxy groups -OCH3 is 1. The second-order valence-electron chi connectivity index (χ2n) is 5.47. The maximum absolute atomic E-state index is 12.1. The van der Waals surface area contributed by atoms with E-state index < -0.39 is 0 Å². The Hall–Kier alpha value is -2.75. The van der Waals surface area contributed by atoms with Gasteiger partial charge in [0.15, 0.2) is 0 Å². The monoisotopic (exact) mass is 310 g/mol. The van der Waals surface area contributed by atoms with Crippen molar-refractivity contribution in [2.45, 2.75) is 20.3 Å². The Morgan fingerprint density at radius 1 is 1.04 bits per heavy atom. The molecule has 23 heavy (non-hydrogen) atoms. The number of benzene rings is 2. The molecule has 0 unspecified atom stereocenters. The first kappa shape index (κ1) is 15.2. The molecule has 0 radical (unpaired) electrons. The zero-order valence-corrected chi connectivity index (χ0v) is 13.4. The minimum Gasteiger partial charge on any atom is -0.497 e. The van der Waals surface area contributed by atoms with Crippen molar-refractivity contribution in [1.29, 1.82) is 0 Å². The fourth-order valence-electron chi connectivity index (χ4n) is 2.49. The van der Waals surface area contributed by atoms with E-state index in [2.05, 4.69) is 0 Å². The number of furan rings is 1. The highest BCUT2D eigenvalue weighted by molar-refractivity contribution is 5.88. The molecule has 0 saturated heterocycles. The van der Waals surface area contributed by atoms with Gasteiger partial charge in [-0.05, 0) is 49.2 Å². The van der Waals surface area contributed by atoms with E-state index in [1.54, 1.807) is 37.6 Å². The van der Waals surface area contributed by atoms with E-state index in [4.69, 9.17) is 13.9 Å². The molecule has 1 heterocycles. The van der Waals surface area contributed by atoms with E-state index in [0.29, 0.717) is 5.75 Å². The molecule has 1 aromatic heterocycles. The van der Waals surface area contributed by atoms with Crippen LogP contribution in [0, 0.1) is 13.8 Å². The molecule has 0 fully saturated rings. The number of aryl methyl sites for hydroxylation is 2. The number of carbonyl (C=O) groups is 1. The van der Waals surface area contributed by atoms with Crippen LogP contribution in [0.4, 0.5) is 0 Å². The SMILES string of the molecule is COc1ccc(OC(=O)Cc2coc3c(C)c(C)ccc23)cc1. The van der Waals surface area contributed by atoms with Crippen LogP contribution in [0.2, 0.25) is 0 Å².